The van der Waals surface area contributed by atoms with E-state index in [1.807, 2.05) is 6.92 Å². The molecule has 0 saturated carbocycles. The minimum atomic E-state index is -1.06. The predicted octanol–water partition coefficient (Wildman–Crippen LogP) is 4.83. The molecule has 0 saturated heterocycles. The van der Waals surface area contributed by atoms with E-state index in [-0.39, 0.29) is 18.2 Å². The second-order valence-corrected chi connectivity index (χ2v) is 7.65. The maximum absolute atomic E-state index is 13.4. The Morgan fingerprint density at radius 3 is 2.42 bits per heavy atom. The molecule has 0 fully saturated rings. The molecular formula is C23H22F2N2O5S. The number of hydrogen-bond donors (Lipinski definition) is 1. The van der Waals surface area contributed by atoms with E-state index >= 15 is 0 Å². The van der Waals surface area contributed by atoms with Crippen molar-refractivity contribution in [2.45, 2.75) is 26.4 Å². The molecular weight excluding hydrogens is 454 g/mol. The van der Waals surface area contributed by atoms with Crippen molar-refractivity contribution in [2.24, 2.45) is 0 Å². The molecule has 0 aliphatic rings. The molecule has 1 N–H and O–H groups in total. The number of anilines is 1. The van der Waals surface area contributed by atoms with Gasteiger partial charge in [0, 0.05) is 10.9 Å². The van der Waals surface area contributed by atoms with Crippen molar-refractivity contribution in [3.05, 3.63) is 59.5 Å². The molecule has 0 spiro atoms. The van der Waals surface area contributed by atoms with Gasteiger partial charge in [0.1, 0.15) is 11.5 Å². The quantitative estimate of drug-likeness (QED) is 0.422. The number of benzene rings is 2. The number of nitrogens with one attached hydrogen (secondary N) is 1. The van der Waals surface area contributed by atoms with Crippen molar-refractivity contribution in [1.29, 1.82) is 0 Å². The fourth-order valence-corrected chi connectivity index (χ4v) is 3.41. The number of amides is 1. The van der Waals surface area contributed by atoms with Gasteiger partial charge in [-0.05, 0) is 56.3 Å². The van der Waals surface area contributed by atoms with E-state index in [1.165, 1.54) is 13.0 Å². The van der Waals surface area contributed by atoms with E-state index in [2.05, 4.69) is 10.3 Å². The standard InChI is InChI=1S/C23H22F2N2O5S/c1-3-30-16-5-7-17(8-6-16)31-11-10-21(28)32-14(2)22(29)27-23-26-20(13-33-23)15-4-9-18(24)19(25)12-15/h4-9,12-14H,3,10-11H2,1-2H3,(H,26,27,29)/t14-/m0/s1. The van der Waals surface area contributed by atoms with Crippen molar-refractivity contribution in [3.63, 3.8) is 0 Å². The van der Waals surface area contributed by atoms with Crippen molar-refractivity contribution in [1.82, 2.24) is 4.98 Å². The van der Waals surface area contributed by atoms with Gasteiger partial charge < -0.3 is 14.2 Å². The van der Waals surface area contributed by atoms with Crippen LogP contribution in [0.15, 0.2) is 47.8 Å². The van der Waals surface area contributed by atoms with Crippen LogP contribution in [0.2, 0.25) is 0 Å². The van der Waals surface area contributed by atoms with Crippen molar-refractivity contribution in [2.75, 3.05) is 18.5 Å². The number of halogens is 2. The van der Waals surface area contributed by atoms with E-state index in [0.717, 1.165) is 29.2 Å². The molecule has 0 aliphatic heterocycles. The number of ether oxygens (including phenoxy) is 3. The van der Waals surface area contributed by atoms with Crippen LogP contribution in [0.25, 0.3) is 11.3 Å². The minimum Gasteiger partial charge on any atom is -0.494 e. The van der Waals surface area contributed by atoms with Gasteiger partial charge in [-0.15, -0.1) is 11.3 Å². The van der Waals surface area contributed by atoms with Crippen molar-refractivity contribution < 1.29 is 32.6 Å². The monoisotopic (exact) mass is 476 g/mol. The summed E-state index contributed by atoms with van der Waals surface area (Å²) in [4.78, 5) is 28.5. The number of hydrogen-bond acceptors (Lipinski definition) is 7. The molecule has 3 rings (SSSR count). The summed E-state index contributed by atoms with van der Waals surface area (Å²) in [6.45, 7) is 3.98. The third kappa shape index (κ3) is 6.98. The van der Waals surface area contributed by atoms with Crippen LogP contribution in [0.4, 0.5) is 13.9 Å². The lowest BCUT2D eigenvalue weighted by atomic mass is 10.2. The maximum Gasteiger partial charge on any atom is 0.310 e. The Labute approximate surface area is 193 Å². The van der Waals surface area contributed by atoms with Crippen LogP contribution in [0.3, 0.4) is 0 Å². The summed E-state index contributed by atoms with van der Waals surface area (Å²) in [7, 11) is 0. The van der Waals surface area contributed by atoms with Gasteiger partial charge >= 0.3 is 5.97 Å². The molecule has 2 aromatic carbocycles. The number of aromatic nitrogens is 1. The van der Waals surface area contributed by atoms with E-state index in [4.69, 9.17) is 14.2 Å². The fourth-order valence-electron chi connectivity index (χ4n) is 2.69. The number of esters is 1. The van der Waals surface area contributed by atoms with Crippen LogP contribution < -0.4 is 14.8 Å². The van der Waals surface area contributed by atoms with Gasteiger partial charge in [0.2, 0.25) is 0 Å². The van der Waals surface area contributed by atoms with Gasteiger partial charge in [0.15, 0.2) is 22.9 Å². The van der Waals surface area contributed by atoms with Gasteiger partial charge in [-0.2, -0.15) is 0 Å². The molecule has 0 unspecified atom stereocenters. The summed E-state index contributed by atoms with van der Waals surface area (Å²) >= 11 is 1.11. The summed E-state index contributed by atoms with van der Waals surface area (Å²) in [5, 5.41) is 4.37. The van der Waals surface area contributed by atoms with Crippen LogP contribution in [-0.4, -0.2) is 36.2 Å². The summed E-state index contributed by atoms with van der Waals surface area (Å²) in [5.74, 6) is -1.80. The highest BCUT2D eigenvalue weighted by molar-refractivity contribution is 7.14. The van der Waals surface area contributed by atoms with E-state index in [1.54, 1.807) is 29.6 Å². The van der Waals surface area contributed by atoms with E-state index in [9.17, 15) is 18.4 Å². The van der Waals surface area contributed by atoms with E-state index < -0.39 is 29.6 Å². The van der Waals surface area contributed by atoms with Gasteiger partial charge in [-0.3, -0.25) is 14.9 Å². The first-order valence-corrected chi connectivity index (χ1v) is 11.0. The highest BCUT2D eigenvalue weighted by atomic mass is 32.1. The number of rotatable bonds is 10. The Kier molecular flexibility index (Phi) is 8.31. The van der Waals surface area contributed by atoms with Gasteiger partial charge in [0.25, 0.3) is 5.91 Å². The summed E-state index contributed by atoms with van der Waals surface area (Å²) in [5.41, 5.74) is 0.753. The number of nitrogens with zero attached hydrogens (tertiary/aromatic N) is 1. The lowest BCUT2D eigenvalue weighted by Gasteiger charge is -2.13. The predicted molar refractivity (Wildman–Crippen MR) is 119 cm³/mol. The lowest BCUT2D eigenvalue weighted by Crippen LogP contribution is -2.30. The number of thiazole rings is 1. The second-order valence-electron chi connectivity index (χ2n) is 6.79. The first-order valence-electron chi connectivity index (χ1n) is 10.1. The molecule has 3 aromatic rings. The minimum absolute atomic E-state index is 0.0393. The highest BCUT2D eigenvalue weighted by Crippen LogP contribution is 2.26. The molecule has 0 radical (unpaired) electrons. The summed E-state index contributed by atoms with van der Waals surface area (Å²) < 4.78 is 42.5. The second kappa shape index (κ2) is 11.4. The van der Waals surface area contributed by atoms with Crippen molar-refractivity contribution in [3.8, 4) is 22.8 Å². The van der Waals surface area contributed by atoms with Gasteiger partial charge in [0.05, 0.1) is 25.3 Å². The Balaban J connectivity index is 1.44. The van der Waals surface area contributed by atoms with Gasteiger partial charge in [-0.1, -0.05) is 0 Å². The number of carbonyl (C=O) groups is 2. The Morgan fingerprint density at radius 1 is 1.06 bits per heavy atom. The summed E-state index contributed by atoms with van der Waals surface area (Å²) in [6, 6.07) is 10.4. The number of carbonyl (C=O) groups excluding carboxylic acids is 2. The zero-order chi connectivity index (χ0) is 23.8. The Morgan fingerprint density at radius 2 is 1.76 bits per heavy atom. The molecule has 0 bridgehead atoms. The Hall–Kier alpha value is -3.53. The molecule has 1 amide bonds. The molecule has 10 heteroatoms. The van der Waals surface area contributed by atoms with Crippen LogP contribution in [0.1, 0.15) is 20.3 Å². The third-order valence-electron chi connectivity index (χ3n) is 4.34. The summed E-state index contributed by atoms with van der Waals surface area (Å²) in [6.07, 6.45) is -1.10. The first kappa shape index (κ1) is 24.1. The Bertz CT molecular complexity index is 1100. The average Bonchev–Trinajstić information content (AvgIpc) is 3.25. The largest absolute Gasteiger partial charge is 0.494 e. The normalized spacial score (nSPS) is 11.5. The molecule has 1 heterocycles. The zero-order valence-corrected chi connectivity index (χ0v) is 18.8. The molecule has 33 heavy (non-hydrogen) atoms. The molecule has 174 valence electrons. The third-order valence-corrected chi connectivity index (χ3v) is 5.09. The molecule has 1 atom stereocenters. The highest BCUT2D eigenvalue weighted by Gasteiger charge is 2.19. The van der Waals surface area contributed by atoms with E-state index in [0.29, 0.717) is 23.6 Å². The molecule has 0 aliphatic carbocycles. The molecule has 1 aromatic heterocycles. The first-order chi connectivity index (χ1) is 15.9. The average molecular weight is 477 g/mol. The smallest absolute Gasteiger partial charge is 0.310 e. The molecule has 7 nitrogen and oxygen atoms in total. The van der Waals surface area contributed by atoms with Crippen LogP contribution in [-0.2, 0) is 14.3 Å². The van der Waals surface area contributed by atoms with Crippen molar-refractivity contribution >= 4 is 28.3 Å². The fraction of sp³-hybridized carbons (Fsp3) is 0.261. The maximum atomic E-state index is 13.4. The SMILES string of the molecule is CCOc1ccc(OCCC(=O)O[C@@H](C)C(=O)Nc2nc(-c3ccc(F)c(F)c3)cs2)cc1. The zero-order valence-electron chi connectivity index (χ0n) is 18.0. The van der Waals surface area contributed by atoms with Crippen LogP contribution in [0, 0.1) is 11.6 Å². The van der Waals surface area contributed by atoms with Gasteiger partial charge in [-0.25, -0.2) is 13.8 Å². The lowest BCUT2D eigenvalue weighted by molar-refractivity contribution is -0.153. The topological polar surface area (TPSA) is 86.8 Å². The van der Waals surface area contributed by atoms with Crippen LogP contribution >= 0.6 is 11.3 Å². The van der Waals surface area contributed by atoms with Crippen LogP contribution in [0.5, 0.6) is 11.5 Å².